The first-order valence-corrected chi connectivity index (χ1v) is 7.95. The van der Waals surface area contributed by atoms with Crippen molar-refractivity contribution in [1.29, 1.82) is 0 Å². The molecule has 0 spiro atoms. The molecular formula is C16H16BrN3. The summed E-state index contributed by atoms with van der Waals surface area (Å²) in [6.07, 6.45) is 3.64. The van der Waals surface area contributed by atoms with Gasteiger partial charge >= 0.3 is 0 Å². The van der Waals surface area contributed by atoms with Gasteiger partial charge in [0.2, 0.25) is 0 Å². The van der Waals surface area contributed by atoms with Gasteiger partial charge in [0.25, 0.3) is 0 Å². The lowest BCUT2D eigenvalue weighted by atomic mass is 10.1. The fourth-order valence-corrected chi connectivity index (χ4v) is 3.04. The predicted octanol–water partition coefficient (Wildman–Crippen LogP) is 4.08. The Hall–Kier alpha value is -1.42. The predicted molar refractivity (Wildman–Crippen MR) is 82.9 cm³/mol. The fraction of sp³-hybridized carbons (Fsp3) is 0.375. The molecule has 2 aliphatic carbocycles. The van der Waals surface area contributed by atoms with E-state index in [0.717, 1.165) is 16.2 Å². The van der Waals surface area contributed by atoms with Crippen LogP contribution in [0.3, 0.4) is 0 Å². The number of benzene rings is 1. The molecule has 20 heavy (non-hydrogen) atoms. The van der Waals surface area contributed by atoms with Crippen LogP contribution in [0.5, 0.6) is 0 Å². The molecule has 0 radical (unpaired) electrons. The van der Waals surface area contributed by atoms with Crippen molar-refractivity contribution in [3.05, 3.63) is 52.4 Å². The van der Waals surface area contributed by atoms with Crippen LogP contribution in [0.25, 0.3) is 0 Å². The van der Waals surface area contributed by atoms with Gasteiger partial charge in [0, 0.05) is 23.9 Å². The van der Waals surface area contributed by atoms with Crippen molar-refractivity contribution in [3.8, 4) is 0 Å². The first-order valence-electron chi connectivity index (χ1n) is 7.15. The van der Waals surface area contributed by atoms with Gasteiger partial charge < -0.3 is 5.32 Å². The van der Waals surface area contributed by atoms with Crippen molar-refractivity contribution in [2.75, 3.05) is 5.32 Å². The van der Waals surface area contributed by atoms with E-state index in [1.807, 2.05) is 6.07 Å². The minimum atomic E-state index is 0.506. The lowest BCUT2D eigenvalue weighted by Crippen LogP contribution is -2.08. The molecule has 2 aliphatic rings. The van der Waals surface area contributed by atoms with Crippen LogP contribution in [-0.4, -0.2) is 16.0 Å². The summed E-state index contributed by atoms with van der Waals surface area (Å²) in [6, 6.07) is 13.2. The van der Waals surface area contributed by atoms with Gasteiger partial charge in [0.05, 0.1) is 0 Å². The SMILES string of the molecule is Brc1cc(NC2CC2c2ccccc2)nc(C2CC2)n1. The van der Waals surface area contributed by atoms with Crippen molar-refractivity contribution < 1.29 is 0 Å². The Balaban J connectivity index is 1.48. The van der Waals surface area contributed by atoms with Crippen molar-refractivity contribution in [2.24, 2.45) is 0 Å². The monoisotopic (exact) mass is 329 g/mol. The largest absolute Gasteiger partial charge is 0.367 e. The van der Waals surface area contributed by atoms with Crippen LogP contribution in [0.1, 0.15) is 42.5 Å². The summed E-state index contributed by atoms with van der Waals surface area (Å²) in [5.41, 5.74) is 1.42. The van der Waals surface area contributed by atoms with Crippen molar-refractivity contribution in [2.45, 2.75) is 37.1 Å². The zero-order valence-electron chi connectivity index (χ0n) is 11.1. The highest BCUT2D eigenvalue weighted by Gasteiger charge is 2.38. The molecule has 0 amide bonds. The molecule has 0 aliphatic heterocycles. The smallest absolute Gasteiger partial charge is 0.135 e. The van der Waals surface area contributed by atoms with Crippen LogP contribution in [-0.2, 0) is 0 Å². The molecule has 0 saturated heterocycles. The highest BCUT2D eigenvalue weighted by atomic mass is 79.9. The van der Waals surface area contributed by atoms with Crippen molar-refractivity contribution in [1.82, 2.24) is 9.97 Å². The summed E-state index contributed by atoms with van der Waals surface area (Å²) in [5, 5.41) is 3.55. The van der Waals surface area contributed by atoms with Crippen LogP contribution in [0, 0.1) is 0 Å². The van der Waals surface area contributed by atoms with Crippen LogP contribution in [0.4, 0.5) is 5.82 Å². The molecule has 2 aromatic rings. The molecule has 4 heteroatoms. The maximum atomic E-state index is 4.65. The summed E-state index contributed by atoms with van der Waals surface area (Å²) in [6.45, 7) is 0. The molecule has 2 atom stereocenters. The second-order valence-electron chi connectivity index (χ2n) is 5.71. The number of halogens is 1. The minimum Gasteiger partial charge on any atom is -0.367 e. The quantitative estimate of drug-likeness (QED) is 0.858. The first-order chi connectivity index (χ1) is 9.79. The lowest BCUT2D eigenvalue weighted by Gasteiger charge is -2.07. The Morgan fingerprint density at radius 2 is 1.90 bits per heavy atom. The molecule has 2 unspecified atom stereocenters. The maximum Gasteiger partial charge on any atom is 0.135 e. The zero-order valence-corrected chi connectivity index (χ0v) is 12.7. The standard InChI is InChI=1S/C16H16BrN3/c17-14-9-15(20-16(19-14)11-6-7-11)18-13-8-12(13)10-4-2-1-3-5-10/h1-5,9,11-13H,6-8H2,(H,18,19,20). The van der Waals surface area contributed by atoms with E-state index in [2.05, 4.69) is 61.5 Å². The molecule has 102 valence electrons. The highest BCUT2D eigenvalue weighted by molar-refractivity contribution is 9.10. The zero-order chi connectivity index (χ0) is 13.5. The van der Waals surface area contributed by atoms with Crippen molar-refractivity contribution >= 4 is 21.7 Å². The normalized spacial score (nSPS) is 24.4. The average Bonchev–Trinajstić information content (AvgIpc) is 3.34. The van der Waals surface area contributed by atoms with Gasteiger partial charge in [0.15, 0.2) is 0 Å². The Labute approximate surface area is 127 Å². The Morgan fingerprint density at radius 3 is 2.65 bits per heavy atom. The summed E-state index contributed by atoms with van der Waals surface area (Å²) in [7, 11) is 0. The minimum absolute atomic E-state index is 0.506. The summed E-state index contributed by atoms with van der Waals surface area (Å²) in [4.78, 5) is 9.12. The van der Waals surface area contributed by atoms with Gasteiger partial charge in [-0.1, -0.05) is 30.3 Å². The molecule has 1 N–H and O–H groups in total. The van der Waals surface area contributed by atoms with E-state index >= 15 is 0 Å². The molecule has 1 aromatic carbocycles. The second-order valence-corrected chi connectivity index (χ2v) is 6.52. The second kappa shape index (κ2) is 4.85. The summed E-state index contributed by atoms with van der Waals surface area (Å²) >= 11 is 3.49. The van der Waals surface area contributed by atoms with E-state index in [1.165, 1.54) is 24.8 Å². The Morgan fingerprint density at radius 1 is 1.10 bits per heavy atom. The first kappa shape index (κ1) is 12.3. The fourth-order valence-electron chi connectivity index (χ4n) is 2.65. The molecule has 2 fully saturated rings. The van der Waals surface area contributed by atoms with Crippen molar-refractivity contribution in [3.63, 3.8) is 0 Å². The Kier molecular flexibility index (Phi) is 2.99. The number of nitrogens with one attached hydrogen (secondary N) is 1. The average molecular weight is 330 g/mol. The number of hydrogen-bond donors (Lipinski definition) is 1. The maximum absolute atomic E-state index is 4.65. The van der Waals surface area contributed by atoms with Crippen LogP contribution in [0.2, 0.25) is 0 Å². The third kappa shape index (κ3) is 2.57. The highest BCUT2D eigenvalue weighted by Crippen LogP contribution is 2.43. The Bertz CT molecular complexity index is 625. The molecule has 2 saturated carbocycles. The van der Waals surface area contributed by atoms with Gasteiger partial charge in [-0.2, -0.15) is 0 Å². The number of aromatic nitrogens is 2. The topological polar surface area (TPSA) is 37.8 Å². The van der Waals surface area contributed by atoms with Gasteiger partial charge in [-0.05, 0) is 40.8 Å². The van der Waals surface area contributed by atoms with E-state index in [1.54, 1.807) is 0 Å². The number of hydrogen-bond acceptors (Lipinski definition) is 3. The van der Waals surface area contributed by atoms with Gasteiger partial charge in [-0.25, -0.2) is 9.97 Å². The van der Waals surface area contributed by atoms with E-state index in [0.29, 0.717) is 17.9 Å². The molecule has 4 rings (SSSR count). The summed E-state index contributed by atoms with van der Waals surface area (Å²) < 4.78 is 0.883. The van der Waals surface area contributed by atoms with Crippen LogP contribution in [0.15, 0.2) is 41.0 Å². The number of nitrogens with zero attached hydrogens (tertiary/aromatic N) is 2. The van der Waals surface area contributed by atoms with Gasteiger partial charge in [0.1, 0.15) is 16.2 Å². The molecule has 3 nitrogen and oxygen atoms in total. The van der Waals surface area contributed by atoms with Crippen LogP contribution < -0.4 is 5.32 Å². The molecule has 0 bridgehead atoms. The van der Waals surface area contributed by atoms with E-state index in [-0.39, 0.29) is 0 Å². The third-order valence-electron chi connectivity index (χ3n) is 4.01. The van der Waals surface area contributed by atoms with E-state index < -0.39 is 0 Å². The van der Waals surface area contributed by atoms with Gasteiger partial charge in [-0.3, -0.25) is 0 Å². The molecular weight excluding hydrogens is 314 g/mol. The summed E-state index contributed by atoms with van der Waals surface area (Å²) in [5.74, 6) is 3.14. The third-order valence-corrected chi connectivity index (χ3v) is 4.41. The number of anilines is 1. The number of rotatable bonds is 4. The molecule has 1 aromatic heterocycles. The van der Waals surface area contributed by atoms with E-state index in [9.17, 15) is 0 Å². The molecule has 1 heterocycles. The van der Waals surface area contributed by atoms with Gasteiger partial charge in [-0.15, -0.1) is 0 Å². The van der Waals surface area contributed by atoms with Crippen LogP contribution >= 0.6 is 15.9 Å². The van der Waals surface area contributed by atoms with E-state index in [4.69, 9.17) is 0 Å². The lowest BCUT2D eigenvalue weighted by molar-refractivity contribution is 0.906.